The van der Waals surface area contributed by atoms with Gasteiger partial charge < -0.3 is 4.90 Å². The maximum atomic E-state index is 12.7. The van der Waals surface area contributed by atoms with Crippen LogP contribution in [0.1, 0.15) is 19.4 Å². The average Bonchev–Trinajstić information content (AvgIpc) is 3.20. The second kappa shape index (κ2) is 6.46. The van der Waals surface area contributed by atoms with Gasteiger partial charge in [0.15, 0.2) is 5.78 Å². The summed E-state index contributed by atoms with van der Waals surface area (Å²) in [5.74, 6) is 0.455. The molecule has 27 heavy (non-hydrogen) atoms. The number of rotatable bonds is 4. The number of hydrogen-bond acceptors (Lipinski definition) is 5. The lowest BCUT2D eigenvalue weighted by Crippen LogP contribution is -2.25. The summed E-state index contributed by atoms with van der Waals surface area (Å²) in [5, 5.41) is 12.4. The van der Waals surface area contributed by atoms with Crippen LogP contribution < -0.4 is 4.90 Å². The standard InChI is InChI=1S/C21H21N5O/c1-21(2)17-11-7-8-12-18(17)25(3)19(21)13-16(27)14-26-23-20(22-24-26)15-9-5-4-6-10-15/h4-13H,14H2,1-3H3/b19-13-. The van der Waals surface area contributed by atoms with Gasteiger partial charge in [0.05, 0.1) is 0 Å². The van der Waals surface area contributed by atoms with Crippen LogP contribution in [0.5, 0.6) is 0 Å². The number of hydrogen-bond donors (Lipinski definition) is 0. The van der Waals surface area contributed by atoms with Gasteiger partial charge in [-0.15, -0.1) is 10.2 Å². The van der Waals surface area contributed by atoms with E-state index >= 15 is 0 Å². The molecule has 2 heterocycles. The number of aromatic nitrogens is 4. The molecule has 0 atom stereocenters. The number of likely N-dealkylation sites (N-methyl/N-ethyl adjacent to an activating group) is 1. The fourth-order valence-corrected chi connectivity index (χ4v) is 3.61. The summed E-state index contributed by atoms with van der Waals surface area (Å²) >= 11 is 0. The first-order valence-electron chi connectivity index (χ1n) is 8.88. The van der Waals surface area contributed by atoms with E-state index in [2.05, 4.69) is 46.3 Å². The molecule has 2 aromatic carbocycles. The van der Waals surface area contributed by atoms with Gasteiger partial charge in [-0.3, -0.25) is 4.79 Å². The molecule has 0 saturated carbocycles. The molecule has 0 N–H and O–H groups in total. The van der Waals surface area contributed by atoms with Crippen LogP contribution in [0.4, 0.5) is 5.69 Å². The lowest BCUT2D eigenvalue weighted by atomic mass is 9.83. The summed E-state index contributed by atoms with van der Waals surface area (Å²) < 4.78 is 0. The van der Waals surface area contributed by atoms with Gasteiger partial charge in [-0.2, -0.15) is 4.80 Å². The number of benzene rings is 2. The number of carbonyl (C=O) groups is 1. The molecular formula is C21H21N5O. The molecule has 0 fully saturated rings. The van der Waals surface area contributed by atoms with E-state index < -0.39 is 0 Å². The molecule has 0 aliphatic carbocycles. The Labute approximate surface area is 158 Å². The van der Waals surface area contributed by atoms with Crippen molar-refractivity contribution in [2.75, 3.05) is 11.9 Å². The van der Waals surface area contributed by atoms with E-state index in [1.807, 2.05) is 49.5 Å². The maximum absolute atomic E-state index is 12.7. The van der Waals surface area contributed by atoms with Crippen LogP contribution >= 0.6 is 0 Å². The first kappa shape index (κ1) is 17.1. The van der Waals surface area contributed by atoms with Crippen LogP contribution in [0.25, 0.3) is 11.4 Å². The van der Waals surface area contributed by atoms with Crippen molar-refractivity contribution in [2.45, 2.75) is 25.8 Å². The summed E-state index contributed by atoms with van der Waals surface area (Å²) in [7, 11) is 1.99. The summed E-state index contributed by atoms with van der Waals surface area (Å²) in [6.07, 6.45) is 1.70. The van der Waals surface area contributed by atoms with E-state index in [-0.39, 0.29) is 17.7 Å². The molecule has 0 amide bonds. The van der Waals surface area contributed by atoms with Crippen LogP contribution in [0.3, 0.4) is 0 Å². The van der Waals surface area contributed by atoms with Crippen molar-refractivity contribution in [3.63, 3.8) is 0 Å². The third-order valence-corrected chi connectivity index (χ3v) is 5.02. The normalized spacial score (nSPS) is 16.6. The van der Waals surface area contributed by atoms with Gasteiger partial charge in [-0.1, -0.05) is 62.4 Å². The molecule has 6 nitrogen and oxygen atoms in total. The highest BCUT2D eigenvalue weighted by Crippen LogP contribution is 2.46. The number of para-hydroxylation sites is 1. The van der Waals surface area contributed by atoms with Crippen molar-refractivity contribution in [2.24, 2.45) is 0 Å². The monoisotopic (exact) mass is 359 g/mol. The van der Waals surface area contributed by atoms with Gasteiger partial charge in [0.2, 0.25) is 5.82 Å². The molecule has 0 unspecified atom stereocenters. The molecule has 136 valence electrons. The lowest BCUT2D eigenvalue weighted by molar-refractivity contribution is -0.115. The molecule has 3 aromatic rings. The number of tetrazole rings is 1. The van der Waals surface area contributed by atoms with Crippen molar-refractivity contribution in [1.82, 2.24) is 20.2 Å². The minimum absolute atomic E-state index is 0.0591. The minimum Gasteiger partial charge on any atom is -0.347 e. The van der Waals surface area contributed by atoms with Gasteiger partial charge in [0, 0.05) is 35.5 Å². The largest absolute Gasteiger partial charge is 0.347 e. The van der Waals surface area contributed by atoms with E-state index in [1.54, 1.807) is 6.08 Å². The number of allylic oxidation sites excluding steroid dienone is 2. The Morgan fingerprint density at radius 3 is 2.52 bits per heavy atom. The van der Waals surface area contributed by atoms with E-state index in [9.17, 15) is 4.79 Å². The van der Waals surface area contributed by atoms with Crippen LogP contribution in [-0.4, -0.2) is 33.0 Å². The summed E-state index contributed by atoms with van der Waals surface area (Å²) in [6, 6.07) is 17.8. The van der Waals surface area contributed by atoms with Gasteiger partial charge in [-0.25, -0.2) is 0 Å². The van der Waals surface area contributed by atoms with E-state index in [0.29, 0.717) is 5.82 Å². The van der Waals surface area contributed by atoms with Gasteiger partial charge in [0.25, 0.3) is 0 Å². The Kier molecular flexibility index (Phi) is 4.11. The quantitative estimate of drug-likeness (QED) is 0.669. The van der Waals surface area contributed by atoms with E-state index in [4.69, 9.17) is 0 Å². The molecular weight excluding hydrogens is 338 g/mol. The summed E-state index contributed by atoms with van der Waals surface area (Å²) in [5.41, 5.74) is 3.97. The number of anilines is 1. The second-order valence-electron chi connectivity index (χ2n) is 7.21. The lowest BCUT2D eigenvalue weighted by Gasteiger charge is -2.23. The molecule has 6 heteroatoms. The highest BCUT2D eigenvalue weighted by atomic mass is 16.1. The van der Waals surface area contributed by atoms with Crippen LogP contribution in [-0.2, 0) is 16.8 Å². The van der Waals surface area contributed by atoms with Crippen LogP contribution in [0.2, 0.25) is 0 Å². The van der Waals surface area contributed by atoms with Crippen LogP contribution in [0, 0.1) is 0 Å². The van der Waals surface area contributed by atoms with E-state index in [1.165, 1.54) is 10.4 Å². The second-order valence-corrected chi connectivity index (χ2v) is 7.21. The first-order valence-corrected chi connectivity index (χ1v) is 8.88. The van der Waals surface area contributed by atoms with E-state index in [0.717, 1.165) is 16.9 Å². The van der Waals surface area contributed by atoms with Crippen molar-refractivity contribution >= 4 is 11.5 Å². The SMILES string of the molecule is CN1/C(=C\C(=O)Cn2nnc(-c3ccccc3)n2)C(C)(C)c2ccccc21. The Morgan fingerprint density at radius 2 is 1.78 bits per heavy atom. The highest BCUT2D eigenvalue weighted by Gasteiger charge is 2.38. The fraction of sp³-hybridized carbons (Fsp3) is 0.238. The number of ketones is 1. The molecule has 0 spiro atoms. The molecule has 1 aliphatic rings. The predicted octanol–water partition coefficient (Wildman–Crippen LogP) is 3.22. The Hall–Kier alpha value is -3.28. The predicted molar refractivity (Wildman–Crippen MR) is 104 cm³/mol. The summed E-state index contributed by atoms with van der Waals surface area (Å²) in [6.45, 7) is 4.33. The molecule has 1 aliphatic heterocycles. The van der Waals surface area contributed by atoms with Crippen LogP contribution in [0.15, 0.2) is 66.4 Å². The highest BCUT2D eigenvalue weighted by molar-refractivity contribution is 5.92. The zero-order valence-corrected chi connectivity index (χ0v) is 15.6. The third kappa shape index (κ3) is 3.03. The summed E-state index contributed by atoms with van der Waals surface area (Å²) in [4.78, 5) is 16.1. The molecule has 0 bridgehead atoms. The van der Waals surface area contributed by atoms with Crippen molar-refractivity contribution in [3.05, 3.63) is 71.9 Å². The number of carbonyl (C=O) groups excluding carboxylic acids is 1. The Bertz CT molecular complexity index is 1020. The molecule has 0 radical (unpaired) electrons. The molecule has 1 aromatic heterocycles. The minimum atomic E-state index is -0.230. The number of fused-ring (bicyclic) bond motifs is 1. The van der Waals surface area contributed by atoms with Crippen molar-refractivity contribution < 1.29 is 4.79 Å². The Morgan fingerprint density at radius 1 is 1.07 bits per heavy atom. The average molecular weight is 359 g/mol. The van der Waals surface area contributed by atoms with Gasteiger partial charge >= 0.3 is 0 Å². The van der Waals surface area contributed by atoms with Crippen molar-refractivity contribution in [3.8, 4) is 11.4 Å². The fourth-order valence-electron chi connectivity index (χ4n) is 3.61. The van der Waals surface area contributed by atoms with Crippen molar-refractivity contribution in [1.29, 1.82) is 0 Å². The first-order chi connectivity index (χ1) is 13.0. The number of nitrogens with zero attached hydrogens (tertiary/aromatic N) is 5. The van der Waals surface area contributed by atoms with Gasteiger partial charge in [0.1, 0.15) is 6.54 Å². The molecule has 4 rings (SSSR count). The Balaban J connectivity index is 1.56. The smallest absolute Gasteiger partial charge is 0.204 e. The third-order valence-electron chi connectivity index (χ3n) is 5.02. The topological polar surface area (TPSA) is 63.9 Å². The zero-order chi connectivity index (χ0) is 19.0. The van der Waals surface area contributed by atoms with Gasteiger partial charge in [-0.05, 0) is 16.8 Å². The molecule has 0 saturated heterocycles. The zero-order valence-electron chi connectivity index (χ0n) is 15.6. The maximum Gasteiger partial charge on any atom is 0.204 e.